The van der Waals surface area contributed by atoms with Gasteiger partial charge in [0.05, 0.1) is 21.3 Å². The van der Waals surface area contributed by atoms with E-state index in [9.17, 15) is 4.79 Å². The van der Waals surface area contributed by atoms with Crippen LogP contribution < -0.4 is 5.32 Å². The number of benzene rings is 1. The van der Waals surface area contributed by atoms with Crippen LogP contribution in [0.25, 0.3) is 31.9 Å². The summed E-state index contributed by atoms with van der Waals surface area (Å²) in [6, 6.07) is 10.4. The van der Waals surface area contributed by atoms with Crippen LogP contribution in [0.4, 0.5) is 9.80 Å². The topological polar surface area (TPSA) is 67.4 Å². The third kappa shape index (κ3) is 4.41. The van der Waals surface area contributed by atoms with E-state index in [2.05, 4.69) is 42.3 Å². The summed E-state index contributed by atoms with van der Waals surface area (Å²) >= 11 is 3.43. The molecule has 0 saturated carbocycles. The van der Waals surface area contributed by atoms with Crippen molar-refractivity contribution in [1.29, 1.82) is 0 Å². The van der Waals surface area contributed by atoms with E-state index in [0.29, 0.717) is 0 Å². The van der Waals surface area contributed by atoms with E-state index in [4.69, 9.17) is 9.72 Å². The number of ether oxygens (including phenoxy) is 1. The van der Waals surface area contributed by atoms with Gasteiger partial charge in [-0.05, 0) is 82.0 Å². The Bertz CT molecular complexity index is 1390. The molecule has 0 bridgehead atoms. The number of fused-ring (bicyclic) bond motifs is 2. The fraction of sp³-hybridized carbons (Fsp3) is 0.370. The van der Waals surface area contributed by atoms with Crippen LogP contribution in [0.5, 0.6) is 0 Å². The molecule has 1 aliphatic heterocycles. The van der Waals surface area contributed by atoms with E-state index >= 15 is 0 Å². The SMILES string of the molecule is CNc1sc2c(c1-c1nc3cc(-c4ccncc4)ccc3s1)CC(C)N(C(=O)OC(C)(C)C)C2C. The highest BCUT2D eigenvalue weighted by atomic mass is 32.1. The number of hydrogen-bond donors (Lipinski definition) is 1. The van der Waals surface area contributed by atoms with Crippen molar-refractivity contribution < 1.29 is 9.53 Å². The predicted octanol–water partition coefficient (Wildman–Crippen LogP) is 7.37. The lowest BCUT2D eigenvalue weighted by molar-refractivity contribution is 0.00638. The number of carbonyl (C=O) groups is 1. The molecule has 4 heterocycles. The molecule has 1 aliphatic rings. The number of nitrogens with zero attached hydrogens (tertiary/aromatic N) is 3. The molecule has 4 aromatic rings. The van der Waals surface area contributed by atoms with Crippen molar-refractivity contribution in [2.75, 3.05) is 12.4 Å². The zero-order valence-corrected chi connectivity index (χ0v) is 22.5. The molecule has 8 heteroatoms. The van der Waals surface area contributed by atoms with E-state index in [1.165, 1.54) is 16.0 Å². The number of pyridine rings is 1. The lowest BCUT2D eigenvalue weighted by atomic mass is 9.93. The Hall–Kier alpha value is -2.97. The molecule has 0 aliphatic carbocycles. The quantitative estimate of drug-likeness (QED) is 0.314. The van der Waals surface area contributed by atoms with E-state index < -0.39 is 5.60 Å². The summed E-state index contributed by atoms with van der Waals surface area (Å²) in [4.78, 5) is 25.3. The van der Waals surface area contributed by atoms with Gasteiger partial charge >= 0.3 is 6.09 Å². The van der Waals surface area contributed by atoms with Gasteiger partial charge in [0.2, 0.25) is 0 Å². The van der Waals surface area contributed by atoms with Gasteiger partial charge in [0.1, 0.15) is 10.6 Å². The Morgan fingerprint density at radius 2 is 1.86 bits per heavy atom. The first-order valence-corrected chi connectivity index (χ1v) is 13.5. The van der Waals surface area contributed by atoms with Crippen LogP contribution in [-0.2, 0) is 11.2 Å². The number of aromatic nitrogens is 2. The van der Waals surface area contributed by atoms with Crippen LogP contribution in [0.15, 0.2) is 42.7 Å². The summed E-state index contributed by atoms with van der Waals surface area (Å²) in [7, 11) is 1.95. The second kappa shape index (κ2) is 8.91. The zero-order chi connectivity index (χ0) is 24.9. The van der Waals surface area contributed by atoms with Crippen LogP contribution in [0.2, 0.25) is 0 Å². The standard InChI is InChI=1S/C27H30N4O2S2/c1-15-13-19-22(24(28-6)35-23(19)16(2)31(15)26(32)33-27(3,4)5)25-30-20-14-18(7-8-21(20)34-25)17-9-11-29-12-10-17/h7-12,14-16,28H,13H2,1-6H3. The van der Waals surface area contributed by atoms with Gasteiger partial charge in [-0.2, -0.15) is 0 Å². The Labute approximate surface area is 214 Å². The number of carbonyl (C=O) groups excluding carboxylic acids is 1. The highest BCUT2D eigenvalue weighted by molar-refractivity contribution is 7.22. The van der Waals surface area contributed by atoms with Crippen molar-refractivity contribution >= 4 is 44.0 Å². The minimum Gasteiger partial charge on any atom is -0.444 e. The number of thiazole rings is 1. The van der Waals surface area contributed by atoms with Crippen molar-refractivity contribution in [1.82, 2.24) is 14.9 Å². The van der Waals surface area contributed by atoms with Gasteiger partial charge in [-0.3, -0.25) is 9.88 Å². The van der Waals surface area contributed by atoms with E-state index in [1.807, 2.05) is 57.2 Å². The van der Waals surface area contributed by atoms with Gasteiger partial charge in [-0.25, -0.2) is 9.78 Å². The average Bonchev–Trinajstić information content (AvgIpc) is 3.38. The highest BCUT2D eigenvalue weighted by Crippen LogP contribution is 2.50. The molecule has 35 heavy (non-hydrogen) atoms. The summed E-state index contributed by atoms with van der Waals surface area (Å²) in [5.41, 5.74) is 5.19. The third-order valence-corrected chi connectivity index (χ3v) is 8.73. The monoisotopic (exact) mass is 506 g/mol. The van der Waals surface area contributed by atoms with Crippen molar-refractivity contribution in [3.8, 4) is 21.7 Å². The van der Waals surface area contributed by atoms with Crippen molar-refractivity contribution in [2.24, 2.45) is 0 Å². The minimum absolute atomic E-state index is 0.0260. The Morgan fingerprint density at radius 3 is 2.54 bits per heavy atom. The molecule has 0 spiro atoms. The summed E-state index contributed by atoms with van der Waals surface area (Å²) in [6.45, 7) is 9.92. The molecule has 6 nitrogen and oxygen atoms in total. The van der Waals surface area contributed by atoms with E-state index in [1.54, 1.807) is 22.7 Å². The normalized spacial score (nSPS) is 17.9. The van der Waals surface area contributed by atoms with Gasteiger partial charge in [0.15, 0.2) is 0 Å². The maximum absolute atomic E-state index is 13.0. The average molecular weight is 507 g/mol. The van der Waals surface area contributed by atoms with Gasteiger partial charge in [0, 0.05) is 35.9 Å². The summed E-state index contributed by atoms with van der Waals surface area (Å²) in [6.07, 6.45) is 4.13. The van der Waals surface area contributed by atoms with Crippen LogP contribution in [0.1, 0.15) is 51.1 Å². The first-order chi connectivity index (χ1) is 16.7. The number of nitrogens with one attached hydrogen (secondary N) is 1. The van der Waals surface area contributed by atoms with Crippen LogP contribution in [-0.4, -0.2) is 39.7 Å². The highest BCUT2D eigenvalue weighted by Gasteiger charge is 2.39. The van der Waals surface area contributed by atoms with Crippen LogP contribution >= 0.6 is 22.7 Å². The summed E-state index contributed by atoms with van der Waals surface area (Å²) in [5, 5.41) is 5.50. The molecule has 0 radical (unpaired) electrons. The van der Waals surface area contributed by atoms with Crippen LogP contribution in [0.3, 0.4) is 0 Å². The second-order valence-corrected chi connectivity index (χ2v) is 12.0. The number of amides is 1. The summed E-state index contributed by atoms with van der Waals surface area (Å²) in [5.74, 6) is 0. The smallest absolute Gasteiger partial charge is 0.411 e. The first-order valence-electron chi connectivity index (χ1n) is 11.8. The molecule has 2 atom stereocenters. The molecule has 182 valence electrons. The van der Waals surface area contributed by atoms with E-state index in [-0.39, 0.29) is 18.2 Å². The molecule has 3 aromatic heterocycles. The zero-order valence-electron chi connectivity index (χ0n) is 20.9. The van der Waals surface area contributed by atoms with Crippen molar-refractivity contribution in [2.45, 2.75) is 58.7 Å². The molecule has 1 N–H and O–H groups in total. The number of rotatable bonds is 3. The Balaban J connectivity index is 1.55. The lowest BCUT2D eigenvalue weighted by Gasteiger charge is -2.39. The van der Waals surface area contributed by atoms with Gasteiger partial charge in [-0.1, -0.05) is 6.07 Å². The van der Waals surface area contributed by atoms with Crippen LogP contribution in [0, 0.1) is 0 Å². The molecule has 0 fully saturated rings. The molecule has 5 rings (SSSR count). The number of thiophene rings is 1. The third-order valence-electron chi connectivity index (χ3n) is 6.26. The first kappa shape index (κ1) is 23.8. The van der Waals surface area contributed by atoms with Gasteiger partial charge in [0.25, 0.3) is 0 Å². The van der Waals surface area contributed by atoms with E-state index in [0.717, 1.165) is 37.8 Å². The van der Waals surface area contributed by atoms with Gasteiger partial charge in [-0.15, -0.1) is 22.7 Å². The van der Waals surface area contributed by atoms with Gasteiger partial charge < -0.3 is 10.1 Å². The maximum Gasteiger partial charge on any atom is 0.411 e. The Morgan fingerprint density at radius 1 is 1.11 bits per heavy atom. The predicted molar refractivity (Wildman–Crippen MR) is 145 cm³/mol. The number of hydrogen-bond acceptors (Lipinski definition) is 7. The van der Waals surface area contributed by atoms with Crippen molar-refractivity contribution in [3.05, 3.63) is 53.2 Å². The Kier molecular flexibility index (Phi) is 6.05. The largest absolute Gasteiger partial charge is 0.444 e. The fourth-order valence-corrected chi connectivity index (χ4v) is 7.06. The molecular weight excluding hydrogens is 476 g/mol. The number of anilines is 1. The molecular formula is C27H30N4O2S2. The minimum atomic E-state index is -0.524. The second-order valence-electron chi connectivity index (χ2n) is 9.95. The molecule has 2 unspecified atom stereocenters. The summed E-state index contributed by atoms with van der Waals surface area (Å²) < 4.78 is 6.89. The fourth-order valence-electron chi connectivity index (χ4n) is 4.74. The van der Waals surface area contributed by atoms with Crippen molar-refractivity contribution in [3.63, 3.8) is 0 Å². The molecule has 0 saturated heterocycles. The maximum atomic E-state index is 13.0. The lowest BCUT2D eigenvalue weighted by Crippen LogP contribution is -2.46. The molecule has 1 aromatic carbocycles. The molecule has 1 amide bonds.